The molecule has 0 spiro atoms. The molecular weight excluding hydrogens is 460 g/mol. The van der Waals surface area contributed by atoms with Crippen molar-refractivity contribution in [3.63, 3.8) is 0 Å². The van der Waals surface area contributed by atoms with E-state index in [0.29, 0.717) is 28.2 Å². The number of thiocarbonyl (C=S) groups is 1. The highest BCUT2D eigenvalue weighted by molar-refractivity contribution is 7.78. The summed E-state index contributed by atoms with van der Waals surface area (Å²) in [6.07, 6.45) is 1.49. The number of aromatic nitrogens is 2. The van der Waals surface area contributed by atoms with Crippen LogP contribution in [0.4, 0.5) is 23.0 Å². The molecule has 0 bridgehead atoms. The minimum Gasteiger partial charge on any atom is -0.494 e. The van der Waals surface area contributed by atoms with E-state index in [2.05, 4.69) is 60.6 Å². The van der Waals surface area contributed by atoms with Crippen LogP contribution < -0.4 is 19.7 Å². The van der Waals surface area contributed by atoms with Crippen LogP contribution >= 0.6 is 23.8 Å². The molecule has 0 saturated carbocycles. The molecule has 1 aliphatic heterocycles. The standard InChI is InChI=1S/C23H23ClN6O2S/c1-29-9-11-30(12-10-29)17-5-8-20(21(13-17)31-2)27-23-25-14-19(24)22(28-23)32-18-6-3-16(4-7-18)26-15-33/h3-8,13-14H,9-12H2,1-2H3,(H,25,27,28). The summed E-state index contributed by atoms with van der Waals surface area (Å²) in [7, 11) is 3.78. The quantitative estimate of drug-likeness (QED) is 0.365. The van der Waals surface area contributed by atoms with Gasteiger partial charge in [0.1, 0.15) is 16.5 Å². The van der Waals surface area contributed by atoms with Gasteiger partial charge in [0, 0.05) is 37.9 Å². The van der Waals surface area contributed by atoms with E-state index in [4.69, 9.17) is 21.1 Å². The lowest BCUT2D eigenvalue weighted by atomic mass is 10.2. The molecule has 3 aromatic rings. The van der Waals surface area contributed by atoms with Gasteiger partial charge in [-0.2, -0.15) is 9.98 Å². The predicted molar refractivity (Wildman–Crippen MR) is 134 cm³/mol. The molecular formula is C23H23ClN6O2S. The maximum Gasteiger partial charge on any atom is 0.243 e. The number of aliphatic imine (C=N–C) groups is 1. The normalized spacial score (nSPS) is 13.8. The van der Waals surface area contributed by atoms with Gasteiger partial charge in [0.25, 0.3) is 0 Å². The second-order valence-electron chi connectivity index (χ2n) is 7.45. The first-order valence-electron chi connectivity index (χ1n) is 10.3. The van der Waals surface area contributed by atoms with Gasteiger partial charge in [-0.15, -0.1) is 0 Å². The first-order valence-corrected chi connectivity index (χ1v) is 11.1. The SMILES string of the molecule is COc1cc(N2CCN(C)CC2)ccc1Nc1ncc(Cl)c(Oc2ccc(N=C=S)cc2)n1. The Bertz CT molecular complexity index is 1160. The zero-order valence-electron chi connectivity index (χ0n) is 18.3. The maximum atomic E-state index is 6.25. The third-order valence-corrected chi connectivity index (χ3v) is 5.59. The fourth-order valence-corrected chi connectivity index (χ4v) is 3.64. The zero-order chi connectivity index (χ0) is 23.2. The molecule has 33 heavy (non-hydrogen) atoms. The molecule has 1 N–H and O–H groups in total. The van der Waals surface area contributed by atoms with Crippen LogP contribution in [0.2, 0.25) is 5.02 Å². The van der Waals surface area contributed by atoms with Gasteiger partial charge in [-0.05, 0) is 55.7 Å². The Hall–Kier alpha value is -3.23. The molecule has 8 nitrogen and oxygen atoms in total. The number of nitrogens with zero attached hydrogens (tertiary/aromatic N) is 5. The molecule has 170 valence electrons. The van der Waals surface area contributed by atoms with Crippen molar-refractivity contribution in [1.82, 2.24) is 14.9 Å². The lowest BCUT2D eigenvalue weighted by Gasteiger charge is -2.34. The monoisotopic (exact) mass is 482 g/mol. The van der Waals surface area contributed by atoms with E-state index in [1.807, 2.05) is 12.1 Å². The van der Waals surface area contributed by atoms with E-state index < -0.39 is 0 Å². The van der Waals surface area contributed by atoms with E-state index in [1.54, 1.807) is 31.4 Å². The molecule has 2 aromatic carbocycles. The zero-order valence-corrected chi connectivity index (χ0v) is 19.9. The molecule has 0 radical (unpaired) electrons. The Balaban J connectivity index is 1.51. The van der Waals surface area contributed by atoms with Gasteiger partial charge >= 0.3 is 0 Å². The topological polar surface area (TPSA) is 75.1 Å². The van der Waals surface area contributed by atoms with Crippen LogP contribution in [-0.4, -0.2) is 60.4 Å². The Morgan fingerprint density at radius 3 is 2.58 bits per heavy atom. The Labute approximate surface area is 202 Å². The predicted octanol–water partition coefficient (Wildman–Crippen LogP) is 5.16. The fraction of sp³-hybridized carbons (Fsp3) is 0.261. The summed E-state index contributed by atoms with van der Waals surface area (Å²) in [6.45, 7) is 4.02. The molecule has 2 heterocycles. The third kappa shape index (κ3) is 5.77. The summed E-state index contributed by atoms with van der Waals surface area (Å²) in [6, 6.07) is 13.1. The van der Waals surface area contributed by atoms with Gasteiger partial charge < -0.3 is 24.6 Å². The highest BCUT2D eigenvalue weighted by atomic mass is 35.5. The van der Waals surface area contributed by atoms with Crippen molar-refractivity contribution in [1.29, 1.82) is 0 Å². The number of ether oxygens (including phenoxy) is 2. The highest BCUT2D eigenvalue weighted by Crippen LogP contribution is 2.33. The van der Waals surface area contributed by atoms with Crippen molar-refractivity contribution in [2.75, 3.05) is 50.6 Å². The number of likely N-dealkylation sites (N-methyl/N-ethyl adjacent to an activating group) is 1. The Morgan fingerprint density at radius 1 is 1.12 bits per heavy atom. The average molecular weight is 483 g/mol. The van der Waals surface area contributed by atoms with Crippen LogP contribution in [0.5, 0.6) is 17.4 Å². The van der Waals surface area contributed by atoms with Crippen molar-refractivity contribution in [2.45, 2.75) is 0 Å². The summed E-state index contributed by atoms with van der Waals surface area (Å²) in [5, 5.41) is 5.81. The summed E-state index contributed by atoms with van der Waals surface area (Å²) >= 11 is 10.9. The summed E-state index contributed by atoms with van der Waals surface area (Å²) < 4.78 is 11.4. The maximum absolute atomic E-state index is 6.25. The van der Waals surface area contributed by atoms with Gasteiger partial charge in [0.2, 0.25) is 11.8 Å². The van der Waals surface area contributed by atoms with Crippen molar-refractivity contribution in [3.8, 4) is 17.4 Å². The van der Waals surface area contributed by atoms with Crippen molar-refractivity contribution in [3.05, 3.63) is 53.7 Å². The fourth-order valence-electron chi connectivity index (χ4n) is 3.40. The second kappa shape index (κ2) is 10.6. The van der Waals surface area contributed by atoms with Crippen LogP contribution in [0.3, 0.4) is 0 Å². The number of piperazine rings is 1. The van der Waals surface area contributed by atoms with Gasteiger partial charge in [-0.3, -0.25) is 0 Å². The number of anilines is 3. The number of halogens is 1. The number of methoxy groups -OCH3 is 1. The van der Waals surface area contributed by atoms with Crippen LogP contribution in [-0.2, 0) is 0 Å². The molecule has 0 aliphatic carbocycles. The van der Waals surface area contributed by atoms with E-state index in [0.717, 1.165) is 37.6 Å². The highest BCUT2D eigenvalue weighted by Gasteiger charge is 2.17. The molecule has 0 atom stereocenters. The number of hydrogen-bond acceptors (Lipinski definition) is 9. The molecule has 0 amide bonds. The molecule has 4 rings (SSSR count). The van der Waals surface area contributed by atoms with Crippen molar-refractivity contribution < 1.29 is 9.47 Å². The first-order chi connectivity index (χ1) is 16.1. The number of hydrogen-bond donors (Lipinski definition) is 1. The molecule has 10 heteroatoms. The second-order valence-corrected chi connectivity index (χ2v) is 8.04. The first kappa shape index (κ1) is 22.9. The minimum atomic E-state index is 0.230. The number of nitrogens with one attached hydrogen (secondary N) is 1. The lowest BCUT2D eigenvalue weighted by Crippen LogP contribution is -2.44. The van der Waals surface area contributed by atoms with E-state index >= 15 is 0 Å². The molecule has 1 fully saturated rings. The Morgan fingerprint density at radius 2 is 1.88 bits per heavy atom. The van der Waals surface area contributed by atoms with Crippen molar-refractivity contribution >= 4 is 52.0 Å². The van der Waals surface area contributed by atoms with Crippen molar-refractivity contribution in [2.24, 2.45) is 4.99 Å². The van der Waals surface area contributed by atoms with E-state index in [1.165, 1.54) is 6.20 Å². The van der Waals surface area contributed by atoms with Crippen LogP contribution in [0.15, 0.2) is 53.7 Å². The van der Waals surface area contributed by atoms with Gasteiger partial charge in [0.15, 0.2) is 0 Å². The summed E-state index contributed by atoms with van der Waals surface area (Å²) in [5.41, 5.74) is 2.54. The molecule has 1 saturated heterocycles. The molecule has 0 unspecified atom stereocenters. The molecule has 1 aliphatic rings. The molecule has 1 aromatic heterocycles. The smallest absolute Gasteiger partial charge is 0.243 e. The minimum absolute atomic E-state index is 0.230. The van der Waals surface area contributed by atoms with Crippen LogP contribution in [0.25, 0.3) is 0 Å². The Kier molecular flexibility index (Phi) is 7.36. The largest absolute Gasteiger partial charge is 0.494 e. The average Bonchev–Trinajstić information content (AvgIpc) is 2.83. The summed E-state index contributed by atoms with van der Waals surface area (Å²) in [5.74, 6) is 1.82. The van der Waals surface area contributed by atoms with E-state index in [9.17, 15) is 0 Å². The van der Waals surface area contributed by atoms with Crippen LogP contribution in [0, 0.1) is 0 Å². The lowest BCUT2D eigenvalue weighted by molar-refractivity contribution is 0.312. The third-order valence-electron chi connectivity index (χ3n) is 5.24. The van der Waals surface area contributed by atoms with Gasteiger partial charge in [-0.1, -0.05) is 11.6 Å². The number of rotatable bonds is 7. The van der Waals surface area contributed by atoms with Crippen LogP contribution in [0.1, 0.15) is 0 Å². The van der Waals surface area contributed by atoms with Gasteiger partial charge in [0.05, 0.1) is 29.8 Å². The van der Waals surface area contributed by atoms with Gasteiger partial charge in [-0.25, -0.2) is 4.98 Å². The van der Waals surface area contributed by atoms with E-state index in [-0.39, 0.29) is 5.88 Å². The number of benzene rings is 2. The number of isothiocyanates is 1. The summed E-state index contributed by atoms with van der Waals surface area (Å²) in [4.78, 5) is 17.3.